The minimum atomic E-state index is -0.716. The van der Waals surface area contributed by atoms with Crippen molar-refractivity contribution in [3.63, 3.8) is 0 Å². The first-order chi connectivity index (χ1) is 8.79. The van der Waals surface area contributed by atoms with Crippen LogP contribution in [0.25, 0.3) is 0 Å². The van der Waals surface area contributed by atoms with Gasteiger partial charge in [-0.1, -0.05) is 23.7 Å². The van der Waals surface area contributed by atoms with Crippen LogP contribution in [0.2, 0.25) is 5.02 Å². The maximum atomic E-state index is 11.5. The molecule has 1 aromatic carbocycles. The molecule has 0 bridgehead atoms. The molecule has 20 heavy (non-hydrogen) atoms. The van der Waals surface area contributed by atoms with Gasteiger partial charge in [0.1, 0.15) is 0 Å². The first-order valence-corrected chi connectivity index (χ1v) is 6.90. The van der Waals surface area contributed by atoms with Crippen molar-refractivity contribution in [3.8, 4) is 0 Å². The summed E-state index contributed by atoms with van der Waals surface area (Å²) in [6, 6.07) is 7.54. The van der Waals surface area contributed by atoms with Gasteiger partial charge in [-0.15, -0.1) is 12.4 Å². The van der Waals surface area contributed by atoms with E-state index in [1.54, 1.807) is 0 Å². The molecule has 1 aromatic rings. The van der Waals surface area contributed by atoms with Crippen molar-refractivity contribution in [1.29, 1.82) is 0 Å². The van der Waals surface area contributed by atoms with Crippen LogP contribution in [-0.4, -0.2) is 34.6 Å². The lowest BCUT2D eigenvalue weighted by Gasteiger charge is -2.31. The van der Waals surface area contributed by atoms with Crippen LogP contribution < -0.4 is 0 Å². The van der Waals surface area contributed by atoms with Crippen molar-refractivity contribution in [2.45, 2.75) is 32.2 Å². The van der Waals surface area contributed by atoms with Crippen LogP contribution in [0, 0.1) is 5.92 Å². The van der Waals surface area contributed by atoms with Crippen LogP contribution in [0.4, 0.5) is 0 Å². The molecule has 112 valence electrons. The molecule has 2 unspecified atom stereocenters. The molecule has 0 aliphatic carbocycles. The summed E-state index contributed by atoms with van der Waals surface area (Å²) in [7, 11) is 0. The first-order valence-electron chi connectivity index (χ1n) is 6.52. The van der Waals surface area contributed by atoms with E-state index < -0.39 is 5.97 Å². The number of likely N-dealkylation sites (tertiary alicyclic amines) is 1. The molecule has 0 amide bonds. The van der Waals surface area contributed by atoms with Crippen LogP contribution in [0.15, 0.2) is 24.3 Å². The summed E-state index contributed by atoms with van der Waals surface area (Å²) in [5.41, 5.74) is 1.05. The second-order valence-electron chi connectivity index (χ2n) is 6.18. The Morgan fingerprint density at radius 1 is 1.25 bits per heavy atom. The van der Waals surface area contributed by atoms with Crippen molar-refractivity contribution in [2.24, 2.45) is 5.92 Å². The second kappa shape index (κ2) is 6.33. The molecule has 3 nitrogen and oxygen atoms in total. The molecule has 5 heteroatoms. The number of carboxylic acids is 1. The third-order valence-corrected chi connectivity index (χ3v) is 4.14. The van der Waals surface area contributed by atoms with Gasteiger partial charge in [-0.2, -0.15) is 0 Å². The highest BCUT2D eigenvalue weighted by atomic mass is 35.5. The summed E-state index contributed by atoms with van der Waals surface area (Å²) in [4.78, 5) is 13.7. The maximum Gasteiger partial charge on any atom is 0.308 e. The highest BCUT2D eigenvalue weighted by Crippen LogP contribution is 2.36. The fourth-order valence-electron chi connectivity index (χ4n) is 2.65. The van der Waals surface area contributed by atoms with Gasteiger partial charge in [-0.3, -0.25) is 9.69 Å². The van der Waals surface area contributed by atoms with E-state index in [1.165, 1.54) is 0 Å². The lowest BCUT2D eigenvalue weighted by Crippen LogP contribution is -2.40. The molecule has 1 N–H and O–H groups in total. The monoisotopic (exact) mass is 317 g/mol. The summed E-state index contributed by atoms with van der Waals surface area (Å²) in [6.45, 7) is 7.75. The molecule has 1 aliphatic rings. The summed E-state index contributed by atoms with van der Waals surface area (Å²) in [6.07, 6.45) is 0. The number of hydrogen-bond acceptors (Lipinski definition) is 2. The topological polar surface area (TPSA) is 40.5 Å². The number of rotatable bonds is 2. The summed E-state index contributed by atoms with van der Waals surface area (Å²) >= 11 is 5.89. The number of carbonyl (C=O) groups is 1. The number of aliphatic carboxylic acids is 1. The number of benzene rings is 1. The lowest BCUT2D eigenvalue weighted by molar-refractivity contribution is -0.141. The van der Waals surface area contributed by atoms with Gasteiger partial charge in [0.2, 0.25) is 0 Å². The third kappa shape index (κ3) is 3.66. The van der Waals surface area contributed by atoms with Gasteiger partial charge in [-0.25, -0.2) is 0 Å². The van der Waals surface area contributed by atoms with Gasteiger partial charge in [0.25, 0.3) is 0 Å². The van der Waals surface area contributed by atoms with Gasteiger partial charge in [-0.05, 0) is 38.5 Å². The highest BCUT2D eigenvalue weighted by Gasteiger charge is 2.41. The van der Waals surface area contributed by atoms with Gasteiger partial charge in [0, 0.05) is 29.6 Å². The summed E-state index contributed by atoms with van der Waals surface area (Å²) in [5, 5.41) is 10.1. The van der Waals surface area contributed by atoms with Crippen LogP contribution >= 0.6 is 24.0 Å². The van der Waals surface area contributed by atoms with Crippen LogP contribution in [0.3, 0.4) is 0 Å². The Hall–Kier alpha value is -0.770. The van der Waals surface area contributed by atoms with E-state index >= 15 is 0 Å². The standard InChI is InChI=1S/C15H20ClNO2.ClH/c1-15(2,3)17-8-12(13(9-17)14(18)19)10-4-6-11(16)7-5-10;/h4-7,12-13H,8-9H2,1-3H3,(H,18,19);1H. The summed E-state index contributed by atoms with van der Waals surface area (Å²) in [5.74, 6) is -1.03. The Kier molecular flexibility index (Phi) is 5.47. The third-order valence-electron chi connectivity index (χ3n) is 3.88. The van der Waals surface area contributed by atoms with Crippen LogP contribution in [0.5, 0.6) is 0 Å². The number of nitrogens with zero attached hydrogens (tertiary/aromatic N) is 1. The molecular formula is C15H21Cl2NO2. The molecule has 1 heterocycles. The average molecular weight is 318 g/mol. The van der Waals surface area contributed by atoms with Crippen molar-refractivity contribution >= 4 is 30.0 Å². The number of hydrogen-bond donors (Lipinski definition) is 1. The second-order valence-corrected chi connectivity index (χ2v) is 6.62. The first kappa shape index (κ1) is 17.3. The molecule has 1 saturated heterocycles. The lowest BCUT2D eigenvalue weighted by atomic mass is 9.89. The SMILES string of the molecule is CC(C)(C)N1CC(C(=O)O)C(c2ccc(Cl)cc2)C1.Cl. The molecule has 1 aliphatic heterocycles. The van der Waals surface area contributed by atoms with Gasteiger partial charge in [0.05, 0.1) is 5.92 Å². The van der Waals surface area contributed by atoms with E-state index in [1.807, 2.05) is 24.3 Å². The van der Waals surface area contributed by atoms with E-state index in [-0.39, 0.29) is 29.8 Å². The van der Waals surface area contributed by atoms with Gasteiger partial charge in [0.15, 0.2) is 0 Å². The molecule has 0 aromatic heterocycles. The Morgan fingerprint density at radius 3 is 2.25 bits per heavy atom. The van der Waals surface area contributed by atoms with Crippen molar-refractivity contribution in [3.05, 3.63) is 34.9 Å². The van der Waals surface area contributed by atoms with Crippen molar-refractivity contribution in [1.82, 2.24) is 4.90 Å². The zero-order valence-corrected chi connectivity index (χ0v) is 13.5. The van der Waals surface area contributed by atoms with E-state index in [2.05, 4.69) is 25.7 Å². The van der Waals surface area contributed by atoms with Gasteiger partial charge < -0.3 is 5.11 Å². The fourth-order valence-corrected chi connectivity index (χ4v) is 2.78. The fraction of sp³-hybridized carbons (Fsp3) is 0.533. The minimum absolute atomic E-state index is 0. The molecule has 2 atom stereocenters. The molecule has 1 fully saturated rings. The molecule has 0 spiro atoms. The highest BCUT2D eigenvalue weighted by molar-refractivity contribution is 6.30. The van der Waals surface area contributed by atoms with Crippen molar-refractivity contribution in [2.75, 3.05) is 13.1 Å². The smallest absolute Gasteiger partial charge is 0.308 e. The predicted molar refractivity (Wildman–Crippen MR) is 83.9 cm³/mol. The Morgan fingerprint density at radius 2 is 1.80 bits per heavy atom. The average Bonchev–Trinajstić information content (AvgIpc) is 2.74. The zero-order chi connectivity index (χ0) is 14.2. The minimum Gasteiger partial charge on any atom is -0.481 e. The number of halogens is 2. The van der Waals surface area contributed by atoms with E-state index in [0.29, 0.717) is 11.6 Å². The zero-order valence-electron chi connectivity index (χ0n) is 12.0. The van der Waals surface area contributed by atoms with E-state index in [9.17, 15) is 9.90 Å². The largest absolute Gasteiger partial charge is 0.481 e. The summed E-state index contributed by atoms with van der Waals surface area (Å²) < 4.78 is 0. The van der Waals surface area contributed by atoms with Crippen molar-refractivity contribution < 1.29 is 9.90 Å². The predicted octanol–water partition coefficient (Wildman–Crippen LogP) is 3.66. The molecule has 0 radical (unpaired) electrons. The Bertz CT molecular complexity index is 468. The van der Waals surface area contributed by atoms with Gasteiger partial charge >= 0.3 is 5.97 Å². The quantitative estimate of drug-likeness (QED) is 0.905. The maximum absolute atomic E-state index is 11.5. The van der Waals surface area contributed by atoms with Crippen LogP contribution in [0.1, 0.15) is 32.3 Å². The Labute approximate surface area is 131 Å². The Balaban J connectivity index is 0.00000200. The van der Waals surface area contributed by atoms with E-state index in [4.69, 9.17) is 11.6 Å². The normalized spacial score (nSPS) is 23.4. The van der Waals surface area contributed by atoms with E-state index in [0.717, 1.165) is 12.1 Å². The molecule has 2 rings (SSSR count). The molecule has 0 saturated carbocycles. The molecular weight excluding hydrogens is 297 g/mol. The van der Waals surface area contributed by atoms with Crippen LogP contribution in [-0.2, 0) is 4.79 Å². The number of carboxylic acid groups (broad SMARTS) is 1.